The Morgan fingerprint density at radius 2 is 2.00 bits per heavy atom. The lowest BCUT2D eigenvalue weighted by Crippen LogP contribution is -2.38. The highest BCUT2D eigenvalue weighted by atomic mass is 16.5. The van der Waals surface area contributed by atoms with Gasteiger partial charge in [-0.1, -0.05) is 37.3 Å². The summed E-state index contributed by atoms with van der Waals surface area (Å²) in [5, 5.41) is 3.10. The Bertz CT molecular complexity index is 367. The zero-order chi connectivity index (χ0) is 14.6. The quantitative estimate of drug-likeness (QED) is 0.527. The molecule has 0 amide bonds. The molecule has 0 fully saturated rings. The Balaban J connectivity index is 2.10. The van der Waals surface area contributed by atoms with Crippen LogP contribution in [0.1, 0.15) is 25.3 Å². The third-order valence-corrected chi connectivity index (χ3v) is 3.08. The lowest BCUT2D eigenvalue weighted by molar-refractivity contribution is -0.143. The fourth-order valence-electron chi connectivity index (χ4n) is 2.02. The monoisotopic (exact) mass is 279 g/mol. The number of hydrogen-bond donors (Lipinski definition) is 1. The maximum Gasteiger partial charge on any atom is 0.322 e. The molecule has 1 rings (SSSR count). The second-order valence-corrected chi connectivity index (χ2v) is 4.62. The molecule has 4 nitrogen and oxygen atoms in total. The van der Waals surface area contributed by atoms with Gasteiger partial charge in [-0.05, 0) is 31.4 Å². The molecule has 1 atom stereocenters. The van der Waals surface area contributed by atoms with Crippen LogP contribution < -0.4 is 5.32 Å². The van der Waals surface area contributed by atoms with Gasteiger partial charge in [0.05, 0.1) is 7.11 Å². The molecule has 1 N–H and O–H groups in total. The van der Waals surface area contributed by atoms with E-state index in [0.29, 0.717) is 13.0 Å². The van der Waals surface area contributed by atoms with Gasteiger partial charge in [0, 0.05) is 13.2 Å². The van der Waals surface area contributed by atoms with E-state index in [4.69, 9.17) is 9.47 Å². The van der Waals surface area contributed by atoms with Crippen molar-refractivity contribution in [1.29, 1.82) is 0 Å². The van der Waals surface area contributed by atoms with Crippen molar-refractivity contribution in [3.63, 3.8) is 0 Å². The van der Waals surface area contributed by atoms with Crippen molar-refractivity contribution in [3.8, 4) is 0 Å². The highest BCUT2D eigenvalue weighted by Crippen LogP contribution is 2.03. The second kappa shape index (κ2) is 10.4. The molecular weight excluding hydrogens is 254 g/mol. The summed E-state index contributed by atoms with van der Waals surface area (Å²) in [5.74, 6) is -0.222. The molecule has 1 aromatic rings. The fraction of sp³-hybridized carbons (Fsp3) is 0.562. The molecule has 0 heterocycles. The number of rotatable bonds is 10. The first-order chi connectivity index (χ1) is 9.77. The van der Waals surface area contributed by atoms with Crippen LogP contribution >= 0.6 is 0 Å². The minimum absolute atomic E-state index is 0.222. The molecule has 1 aromatic carbocycles. The summed E-state index contributed by atoms with van der Waals surface area (Å²) in [6.07, 6.45) is 2.66. The standard InChI is InChI=1S/C16H25NO3/c1-3-17-15(16(18)19-2)11-13-20-12-7-10-14-8-5-4-6-9-14/h4-6,8-9,15,17H,3,7,10-13H2,1-2H3. The van der Waals surface area contributed by atoms with Crippen molar-refractivity contribution >= 4 is 5.97 Å². The third kappa shape index (κ3) is 6.68. The summed E-state index contributed by atoms with van der Waals surface area (Å²) in [6.45, 7) is 4.00. The lowest BCUT2D eigenvalue weighted by Gasteiger charge is -2.15. The van der Waals surface area contributed by atoms with Crippen LogP contribution in [0.25, 0.3) is 0 Å². The zero-order valence-corrected chi connectivity index (χ0v) is 12.4. The first-order valence-electron chi connectivity index (χ1n) is 7.20. The zero-order valence-electron chi connectivity index (χ0n) is 12.4. The van der Waals surface area contributed by atoms with E-state index in [2.05, 4.69) is 17.4 Å². The molecule has 0 saturated carbocycles. The van der Waals surface area contributed by atoms with Gasteiger partial charge in [0.2, 0.25) is 0 Å². The highest BCUT2D eigenvalue weighted by molar-refractivity contribution is 5.75. The van der Waals surface area contributed by atoms with E-state index >= 15 is 0 Å². The fourth-order valence-corrected chi connectivity index (χ4v) is 2.02. The van der Waals surface area contributed by atoms with Crippen LogP contribution in [0.3, 0.4) is 0 Å². The van der Waals surface area contributed by atoms with Crippen molar-refractivity contribution in [3.05, 3.63) is 35.9 Å². The predicted molar refractivity (Wildman–Crippen MR) is 79.7 cm³/mol. The molecule has 0 aliphatic carbocycles. The molecule has 112 valence electrons. The number of hydrogen-bond acceptors (Lipinski definition) is 4. The number of benzene rings is 1. The van der Waals surface area contributed by atoms with Crippen LogP contribution in [0.15, 0.2) is 30.3 Å². The number of carbonyl (C=O) groups is 1. The topological polar surface area (TPSA) is 47.6 Å². The number of ether oxygens (including phenoxy) is 2. The van der Waals surface area contributed by atoms with Gasteiger partial charge in [0.25, 0.3) is 0 Å². The molecule has 0 spiro atoms. The number of aryl methyl sites for hydroxylation is 1. The SMILES string of the molecule is CCNC(CCOCCCc1ccccc1)C(=O)OC. The summed E-state index contributed by atoms with van der Waals surface area (Å²) in [7, 11) is 1.41. The molecule has 0 bridgehead atoms. The summed E-state index contributed by atoms with van der Waals surface area (Å²) in [6, 6.07) is 10.1. The minimum atomic E-state index is -0.265. The average Bonchev–Trinajstić information content (AvgIpc) is 2.49. The minimum Gasteiger partial charge on any atom is -0.468 e. The van der Waals surface area contributed by atoms with Gasteiger partial charge in [0.1, 0.15) is 6.04 Å². The van der Waals surface area contributed by atoms with Crippen molar-refractivity contribution in [2.45, 2.75) is 32.2 Å². The van der Waals surface area contributed by atoms with E-state index < -0.39 is 0 Å². The van der Waals surface area contributed by atoms with Crippen LogP contribution in [0, 0.1) is 0 Å². The predicted octanol–water partition coefficient (Wildman–Crippen LogP) is 2.18. The number of nitrogens with one attached hydrogen (secondary N) is 1. The van der Waals surface area contributed by atoms with E-state index in [-0.39, 0.29) is 12.0 Å². The summed E-state index contributed by atoms with van der Waals surface area (Å²) in [4.78, 5) is 11.5. The van der Waals surface area contributed by atoms with Gasteiger partial charge in [0.15, 0.2) is 0 Å². The van der Waals surface area contributed by atoms with Crippen LogP contribution in [0.2, 0.25) is 0 Å². The molecule has 0 radical (unpaired) electrons. The maximum absolute atomic E-state index is 11.5. The molecule has 0 aromatic heterocycles. The van der Waals surface area contributed by atoms with Gasteiger partial charge in [-0.25, -0.2) is 0 Å². The van der Waals surface area contributed by atoms with Crippen LogP contribution in [-0.2, 0) is 20.7 Å². The van der Waals surface area contributed by atoms with Gasteiger partial charge in [-0.2, -0.15) is 0 Å². The molecular formula is C16H25NO3. The summed E-state index contributed by atoms with van der Waals surface area (Å²) in [5.41, 5.74) is 1.33. The molecule has 4 heteroatoms. The number of esters is 1. The largest absolute Gasteiger partial charge is 0.468 e. The van der Waals surface area contributed by atoms with Gasteiger partial charge < -0.3 is 14.8 Å². The van der Waals surface area contributed by atoms with Crippen molar-refractivity contribution < 1.29 is 14.3 Å². The van der Waals surface area contributed by atoms with E-state index in [9.17, 15) is 4.79 Å². The van der Waals surface area contributed by atoms with Crippen molar-refractivity contribution in [2.75, 3.05) is 26.9 Å². The van der Waals surface area contributed by atoms with Crippen LogP contribution in [-0.4, -0.2) is 38.9 Å². The molecule has 20 heavy (non-hydrogen) atoms. The Morgan fingerprint density at radius 1 is 1.25 bits per heavy atom. The summed E-state index contributed by atoms with van der Waals surface area (Å²) >= 11 is 0. The van der Waals surface area contributed by atoms with E-state index in [1.807, 2.05) is 25.1 Å². The lowest BCUT2D eigenvalue weighted by atomic mass is 10.1. The molecule has 0 saturated heterocycles. The first kappa shape index (κ1) is 16.7. The van der Waals surface area contributed by atoms with Gasteiger partial charge in [-0.3, -0.25) is 4.79 Å². The smallest absolute Gasteiger partial charge is 0.322 e. The van der Waals surface area contributed by atoms with E-state index in [0.717, 1.165) is 26.0 Å². The van der Waals surface area contributed by atoms with Crippen molar-refractivity contribution in [2.24, 2.45) is 0 Å². The Labute approximate surface area is 121 Å². The summed E-state index contributed by atoms with van der Waals surface area (Å²) < 4.78 is 10.3. The normalized spacial score (nSPS) is 12.1. The van der Waals surface area contributed by atoms with E-state index in [1.165, 1.54) is 12.7 Å². The van der Waals surface area contributed by atoms with Crippen molar-refractivity contribution in [1.82, 2.24) is 5.32 Å². The number of likely N-dealkylation sites (N-methyl/N-ethyl adjacent to an activating group) is 1. The van der Waals surface area contributed by atoms with Gasteiger partial charge in [-0.15, -0.1) is 0 Å². The third-order valence-electron chi connectivity index (χ3n) is 3.08. The Kier molecular flexibility index (Phi) is 8.67. The molecule has 0 aliphatic heterocycles. The van der Waals surface area contributed by atoms with E-state index in [1.54, 1.807) is 0 Å². The first-order valence-corrected chi connectivity index (χ1v) is 7.20. The molecule has 0 aliphatic rings. The number of methoxy groups -OCH3 is 1. The average molecular weight is 279 g/mol. The Morgan fingerprint density at radius 3 is 2.65 bits per heavy atom. The Hall–Kier alpha value is -1.39. The highest BCUT2D eigenvalue weighted by Gasteiger charge is 2.16. The molecule has 1 unspecified atom stereocenters. The van der Waals surface area contributed by atoms with Gasteiger partial charge >= 0.3 is 5.97 Å². The van der Waals surface area contributed by atoms with Crippen LogP contribution in [0.5, 0.6) is 0 Å². The maximum atomic E-state index is 11.5. The number of carbonyl (C=O) groups excluding carboxylic acids is 1. The van der Waals surface area contributed by atoms with Crippen LogP contribution in [0.4, 0.5) is 0 Å². The second-order valence-electron chi connectivity index (χ2n) is 4.62.